The van der Waals surface area contributed by atoms with Gasteiger partial charge in [0.05, 0.1) is 12.1 Å². The maximum absolute atomic E-state index is 13.5. The number of aromatic nitrogens is 3. The molecule has 0 aliphatic carbocycles. The minimum absolute atomic E-state index is 0.00287. The van der Waals surface area contributed by atoms with Crippen LogP contribution in [0, 0.1) is 10.6 Å². The summed E-state index contributed by atoms with van der Waals surface area (Å²) in [6, 6.07) is 5.79. The van der Waals surface area contributed by atoms with E-state index in [1.807, 2.05) is 0 Å². The molecule has 5 nitrogen and oxygen atoms in total. The van der Waals surface area contributed by atoms with Crippen LogP contribution in [0.1, 0.15) is 16.2 Å². The molecule has 104 valence electrons. The molecule has 0 unspecified atom stereocenters. The van der Waals surface area contributed by atoms with Crippen LogP contribution in [-0.4, -0.2) is 20.7 Å². The highest BCUT2D eigenvalue weighted by molar-refractivity contribution is 7.71. The molecule has 0 aliphatic heterocycles. The number of hydrogen-bond acceptors (Lipinski definition) is 3. The van der Waals surface area contributed by atoms with Crippen LogP contribution >= 0.6 is 12.2 Å². The van der Waals surface area contributed by atoms with E-state index in [1.54, 1.807) is 16.7 Å². The van der Waals surface area contributed by atoms with Crippen LogP contribution in [0.3, 0.4) is 0 Å². The number of aromatic amines is 1. The summed E-state index contributed by atoms with van der Waals surface area (Å²) in [5, 5.41) is 9.26. The zero-order valence-corrected chi connectivity index (χ0v) is 11.4. The lowest BCUT2D eigenvalue weighted by Crippen LogP contribution is -2.25. The first-order chi connectivity index (χ1) is 9.63. The van der Waals surface area contributed by atoms with E-state index in [0.29, 0.717) is 17.1 Å². The summed E-state index contributed by atoms with van der Waals surface area (Å²) < 4.78 is 15.6. The van der Waals surface area contributed by atoms with Gasteiger partial charge in [0.2, 0.25) is 0 Å². The Bertz CT molecular complexity index is 692. The Morgan fingerprint density at radius 2 is 2.30 bits per heavy atom. The number of nitrogens with zero attached hydrogens (tertiary/aromatic N) is 2. The van der Waals surface area contributed by atoms with Crippen LogP contribution in [0.5, 0.6) is 0 Å². The number of hydrogen-bond donors (Lipinski definition) is 2. The predicted molar refractivity (Wildman–Crippen MR) is 75.2 cm³/mol. The maximum atomic E-state index is 13.5. The van der Waals surface area contributed by atoms with Gasteiger partial charge in [0.15, 0.2) is 10.6 Å². The lowest BCUT2D eigenvalue weighted by Gasteiger charge is -2.06. The molecule has 2 aromatic rings. The van der Waals surface area contributed by atoms with Crippen molar-refractivity contribution < 1.29 is 9.18 Å². The first-order valence-corrected chi connectivity index (χ1v) is 6.32. The number of allylic oxidation sites excluding steroid dienone is 1. The molecule has 1 aromatic heterocycles. The van der Waals surface area contributed by atoms with E-state index in [2.05, 4.69) is 22.1 Å². The highest BCUT2D eigenvalue weighted by atomic mass is 32.1. The zero-order valence-electron chi connectivity index (χ0n) is 10.6. The Morgan fingerprint density at radius 3 is 3.00 bits per heavy atom. The molecule has 2 rings (SSSR count). The van der Waals surface area contributed by atoms with Crippen molar-refractivity contribution in [2.24, 2.45) is 0 Å². The van der Waals surface area contributed by atoms with Crippen LogP contribution in [0.4, 0.5) is 4.39 Å². The van der Waals surface area contributed by atoms with Gasteiger partial charge in [-0.1, -0.05) is 18.2 Å². The van der Waals surface area contributed by atoms with Gasteiger partial charge in [-0.2, -0.15) is 5.10 Å². The number of amides is 1. The number of halogens is 1. The maximum Gasteiger partial charge on any atom is 0.254 e. The summed E-state index contributed by atoms with van der Waals surface area (Å²) in [6.07, 6.45) is 1.67. The van der Waals surface area contributed by atoms with E-state index in [9.17, 15) is 9.18 Å². The molecule has 20 heavy (non-hydrogen) atoms. The monoisotopic (exact) mass is 292 g/mol. The first-order valence-electron chi connectivity index (χ1n) is 5.91. The molecule has 1 aromatic carbocycles. The van der Waals surface area contributed by atoms with Gasteiger partial charge in [-0.3, -0.25) is 14.5 Å². The Balaban J connectivity index is 2.10. The van der Waals surface area contributed by atoms with Gasteiger partial charge in [0.1, 0.15) is 5.82 Å². The van der Waals surface area contributed by atoms with Gasteiger partial charge in [0, 0.05) is 6.54 Å². The highest BCUT2D eigenvalue weighted by Gasteiger charge is 2.12. The van der Waals surface area contributed by atoms with Gasteiger partial charge < -0.3 is 5.32 Å². The van der Waals surface area contributed by atoms with Crippen LogP contribution < -0.4 is 5.32 Å². The summed E-state index contributed by atoms with van der Waals surface area (Å²) in [4.78, 5) is 11.9. The highest BCUT2D eigenvalue weighted by Crippen LogP contribution is 2.06. The Hall–Kier alpha value is -2.28. The molecule has 0 spiro atoms. The number of carbonyl (C=O) groups excluding carboxylic acids is 1. The number of carbonyl (C=O) groups is 1. The molecule has 0 aliphatic rings. The normalized spacial score (nSPS) is 10.2. The zero-order chi connectivity index (χ0) is 14.5. The van der Waals surface area contributed by atoms with Crippen molar-refractivity contribution in [1.82, 2.24) is 20.1 Å². The predicted octanol–water partition coefficient (Wildman–Crippen LogP) is 2.20. The smallest absolute Gasteiger partial charge is 0.254 e. The molecule has 0 saturated carbocycles. The van der Waals surface area contributed by atoms with E-state index >= 15 is 0 Å². The number of benzene rings is 1. The molecule has 2 N–H and O–H groups in total. The van der Waals surface area contributed by atoms with Gasteiger partial charge in [-0.25, -0.2) is 4.39 Å². The molecule has 0 atom stereocenters. The van der Waals surface area contributed by atoms with E-state index in [4.69, 9.17) is 12.2 Å². The van der Waals surface area contributed by atoms with E-state index in [0.717, 1.165) is 0 Å². The summed E-state index contributed by atoms with van der Waals surface area (Å²) in [5.74, 6) is -0.503. The third-order valence-electron chi connectivity index (χ3n) is 2.67. The standard InChI is InChI=1S/C13H13FN4OS/c1-2-7-18-11(16-17-13(18)20)8-15-12(19)9-5-3-4-6-10(9)14/h2-6H,1,7-8H2,(H,15,19)(H,17,20). The van der Waals surface area contributed by atoms with E-state index in [-0.39, 0.29) is 12.1 Å². The van der Waals surface area contributed by atoms with Crippen molar-refractivity contribution >= 4 is 18.1 Å². The Kier molecular flexibility index (Phi) is 4.41. The van der Waals surface area contributed by atoms with Gasteiger partial charge in [0.25, 0.3) is 5.91 Å². The molecule has 0 fully saturated rings. The van der Waals surface area contributed by atoms with Crippen LogP contribution in [0.25, 0.3) is 0 Å². The van der Waals surface area contributed by atoms with E-state index < -0.39 is 11.7 Å². The fourth-order valence-electron chi connectivity index (χ4n) is 1.70. The average molecular weight is 292 g/mol. The Morgan fingerprint density at radius 1 is 1.55 bits per heavy atom. The van der Waals surface area contributed by atoms with Crippen molar-refractivity contribution in [3.63, 3.8) is 0 Å². The number of nitrogens with one attached hydrogen (secondary N) is 2. The van der Waals surface area contributed by atoms with Crippen LogP contribution in [0.2, 0.25) is 0 Å². The quantitative estimate of drug-likeness (QED) is 0.656. The van der Waals surface area contributed by atoms with Crippen molar-refractivity contribution in [1.29, 1.82) is 0 Å². The average Bonchev–Trinajstić information content (AvgIpc) is 2.78. The molecule has 7 heteroatoms. The van der Waals surface area contributed by atoms with Gasteiger partial charge in [-0.15, -0.1) is 6.58 Å². The molecule has 1 amide bonds. The van der Waals surface area contributed by atoms with Crippen LogP contribution in [-0.2, 0) is 13.1 Å². The largest absolute Gasteiger partial charge is 0.345 e. The lowest BCUT2D eigenvalue weighted by molar-refractivity contribution is 0.0945. The lowest BCUT2D eigenvalue weighted by atomic mass is 10.2. The van der Waals surface area contributed by atoms with Crippen molar-refractivity contribution in [3.8, 4) is 0 Å². The second-order valence-corrected chi connectivity index (χ2v) is 4.39. The van der Waals surface area contributed by atoms with Crippen molar-refractivity contribution in [3.05, 3.63) is 58.9 Å². The van der Waals surface area contributed by atoms with Gasteiger partial charge >= 0.3 is 0 Å². The second kappa shape index (κ2) is 6.25. The third kappa shape index (κ3) is 3.00. The summed E-state index contributed by atoms with van der Waals surface area (Å²) >= 11 is 5.06. The SMILES string of the molecule is C=CCn1c(CNC(=O)c2ccccc2F)n[nH]c1=S. The molecule has 1 heterocycles. The molecule has 0 saturated heterocycles. The minimum Gasteiger partial charge on any atom is -0.345 e. The molecule has 0 radical (unpaired) electrons. The summed E-state index contributed by atoms with van der Waals surface area (Å²) in [5.41, 5.74) is -0.00287. The number of rotatable bonds is 5. The minimum atomic E-state index is -0.560. The fraction of sp³-hybridized carbons (Fsp3) is 0.154. The number of H-pyrrole nitrogens is 1. The molecular formula is C13H13FN4OS. The Labute approximate surface area is 120 Å². The summed E-state index contributed by atoms with van der Waals surface area (Å²) in [7, 11) is 0. The third-order valence-corrected chi connectivity index (χ3v) is 2.99. The molecular weight excluding hydrogens is 279 g/mol. The van der Waals surface area contributed by atoms with Crippen molar-refractivity contribution in [2.75, 3.05) is 0 Å². The van der Waals surface area contributed by atoms with Gasteiger partial charge in [-0.05, 0) is 24.4 Å². The first kappa shape index (κ1) is 14.1. The molecule has 0 bridgehead atoms. The summed E-state index contributed by atoms with van der Waals surface area (Å²) in [6.45, 7) is 4.26. The van der Waals surface area contributed by atoms with Crippen molar-refractivity contribution in [2.45, 2.75) is 13.1 Å². The van der Waals surface area contributed by atoms with Crippen LogP contribution in [0.15, 0.2) is 36.9 Å². The topological polar surface area (TPSA) is 62.7 Å². The second-order valence-electron chi connectivity index (χ2n) is 4.01. The fourth-order valence-corrected chi connectivity index (χ4v) is 1.93. The van der Waals surface area contributed by atoms with E-state index in [1.165, 1.54) is 18.2 Å².